The number of carbonyl (C=O) groups is 1. The zero-order valence-corrected chi connectivity index (χ0v) is 18.1. The average Bonchev–Trinajstić information content (AvgIpc) is 2.77. The molecule has 0 fully saturated rings. The van der Waals surface area contributed by atoms with E-state index in [4.69, 9.17) is 16.7 Å². The summed E-state index contributed by atoms with van der Waals surface area (Å²) in [5.41, 5.74) is 1.59. The first-order valence-corrected chi connectivity index (χ1v) is 11.4. The number of aromatic carboxylic acids is 1. The van der Waals surface area contributed by atoms with Gasteiger partial charge in [0.15, 0.2) is 0 Å². The second-order valence-electron chi connectivity index (χ2n) is 7.01. The molecule has 3 aromatic rings. The monoisotopic (exact) mass is 459 g/mol. The van der Waals surface area contributed by atoms with Crippen LogP contribution in [-0.4, -0.2) is 37.7 Å². The maximum absolute atomic E-state index is 12.8. The first-order valence-electron chi connectivity index (χ1n) is 9.59. The lowest BCUT2D eigenvalue weighted by Crippen LogP contribution is -2.23. The number of hydrogen-bond donors (Lipinski definition) is 3. The molecule has 31 heavy (non-hydrogen) atoms. The van der Waals surface area contributed by atoms with Crippen LogP contribution >= 0.6 is 11.6 Å². The predicted octanol–water partition coefficient (Wildman–Crippen LogP) is 3.74. The van der Waals surface area contributed by atoms with E-state index in [9.17, 15) is 18.3 Å². The highest BCUT2D eigenvalue weighted by Crippen LogP contribution is 2.22. The van der Waals surface area contributed by atoms with Gasteiger partial charge in [0, 0.05) is 11.6 Å². The number of halogens is 1. The van der Waals surface area contributed by atoms with Crippen molar-refractivity contribution in [3.8, 4) is 0 Å². The molecule has 0 heterocycles. The van der Waals surface area contributed by atoms with E-state index in [2.05, 4.69) is 5.32 Å². The maximum Gasteiger partial charge on any atom is 0.335 e. The molecule has 3 N–H and O–H groups in total. The van der Waals surface area contributed by atoms with Crippen molar-refractivity contribution in [2.45, 2.75) is 22.3 Å². The molecule has 3 rings (SSSR count). The van der Waals surface area contributed by atoms with Crippen LogP contribution in [0.1, 0.15) is 27.6 Å². The number of carboxylic acid groups (broad SMARTS) is 1. The number of benzene rings is 3. The molecular weight excluding hydrogens is 438 g/mol. The second-order valence-corrected chi connectivity index (χ2v) is 9.39. The van der Waals surface area contributed by atoms with Crippen LogP contribution < -0.4 is 5.32 Å². The topological polar surface area (TPSA) is 104 Å². The molecule has 6 nitrogen and oxygen atoms in total. The minimum atomic E-state index is -3.81. The van der Waals surface area contributed by atoms with Crippen molar-refractivity contribution in [2.24, 2.45) is 0 Å². The molecular formula is C23H22ClNO5S. The second kappa shape index (κ2) is 10.1. The third-order valence-corrected chi connectivity index (χ3v) is 6.79. The summed E-state index contributed by atoms with van der Waals surface area (Å²) in [4.78, 5) is 11.1. The molecule has 1 atom stereocenters. The zero-order chi connectivity index (χ0) is 22.4. The molecule has 0 amide bonds. The van der Waals surface area contributed by atoms with Crippen LogP contribution in [0.4, 0.5) is 0 Å². The average molecular weight is 460 g/mol. The van der Waals surface area contributed by atoms with Gasteiger partial charge in [-0.05, 0) is 66.6 Å². The largest absolute Gasteiger partial charge is 0.478 e. The molecule has 8 heteroatoms. The molecule has 0 spiro atoms. The lowest BCUT2D eigenvalue weighted by molar-refractivity contribution is 0.0696. The highest BCUT2D eigenvalue weighted by Gasteiger charge is 2.19. The van der Waals surface area contributed by atoms with Crippen molar-refractivity contribution in [3.05, 3.63) is 94.5 Å². The molecule has 0 aliphatic rings. The highest BCUT2D eigenvalue weighted by molar-refractivity contribution is 7.91. The van der Waals surface area contributed by atoms with Crippen LogP contribution in [0.15, 0.2) is 82.6 Å². The number of aliphatic hydroxyl groups is 1. The summed E-state index contributed by atoms with van der Waals surface area (Å²) in [6, 6.07) is 18.8. The summed E-state index contributed by atoms with van der Waals surface area (Å²) in [7, 11) is -3.81. The summed E-state index contributed by atoms with van der Waals surface area (Å²) in [6.07, 6.45) is -0.0235. The number of aliphatic hydroxyl groups excluding tert-OH is 1. The fourth-order valence-electron chi connectivity index (χ4n) is 3.07. The Hall–Kier alpha value is -2.71. The molecule has 162 valence electrons. The zero-order valence-electron chi connectivity index (χ0n) is 16.5. The number of nitrogens with one attached hydrogen (secondary N) is 1. The Bertz CT molecular complexity index is 1160. The summed E-state index contributed by atoms with van der Waals surface area (Å²) in [6.45, 7) is 0.969. The Kier molecular flexibility index (Phi) is 7.46. The van der Waals surface area contributed by atoms with Crippen molar-refractivity contribution in [1.29, 1.82) is 0 Å². The van der Waals surface area contributed by atoms with Crippen molar-refractivity contribution < 1.29 is 23.4 Å². The minimum Gasteiger partial charge on any atom is -0.478 e. The standard InChI is InChI=1S/C23H22ClNO5S/c24-19-5-1-3-17(13-19)22(26)15-25-12-11-16-7-9-20(10-8-16)31(29,30)21-6-2-4-18(14-21)23(27)28/h1-10,13-14,22,25-26H,11-12,15H2,(H,27,28)/t22-/m0/s1. The third-order valence-electron chi connectivity index (χ3n) is 4.79. The molecule has 0 radical (unpaired) electrons. The van der Waals surface area contributed by atoms with Crippen molar-refractivity contribution >= 4 is 27.4 Å². The van der Waals surface area contributed by atoms with Gasteiger partial charge in [0.05, 0.1) is 21.5 Å². The van der Waals surface area contributed by atoms with E-state index in [-0.39, 0.29) is 15.4 Å². The van der Waals surface area contributed by atoms with Crippen molar-refractivity contribution in [1.82, 2.24) is 5.32 Å². The van der Waals surface area contributed by atoms with E-state index >= 15 is 0 Å². The van der Waals surface area contributed by atoms with E-state index < -0.39 is 21.9 Å². The van der Waals surface area contributed by atoms with Gasteiger partial charge in [-0.2, -0.15) is 0 Å². The van der Waals surface area contributed by atoms with E-state index in [0.717, 1.165) is 17.2 Å². The number of sulfone groups is 1. The molecule has 0 aliphatic heterocycles. The van der Waals surface area contributed by atoms with Gasteiger partial charge in [0.1, 0.15) is 0 Å². The van der Waals surface area contributed by atoms with Crippen LogP contribution in [-0.2, 0) is 16.3 Å². The fourth-order valence-corrected chi connectivity index (χ4v) is 4.58. The quantitative estimate of drug-likeness (QED) is 0.421. The third kappa shape index (κ3) is 5.92. The highest BCUT2D eigenvalue weighted by atomic mass is 35.5. The van der Waals surface area contributed by atoms with E-state index in [1.54, 1.807) is 30.3 Å². The predicted molar refractivity (Wildman–Crippen MR) is 118 cm³/mol. The SMILES string of the molecule is O=C(O)c1cccc(S(=O)(=O)c2ccc(CCNC[C@H](O)c3cccc(Cl)c3)cc2)c1. The maximum atomic E-state index is 12.8. The summed E-state index contributed by atoms with van der Waals surface area (Å²) in [5, 5.41) is 23.0. The van der Waals surface area contributed by atoms with Gasteiger partial charge in [-0.25, -0.2) is 13.2 Å². The molecule has 0 saturated carbocycles. The fraction of sp³-hybridized carbons (Fsp3) is 0.174. The lowest BCUT2D eigenvalue weighted by Gasteiger charge is -2.13. The normalized spacial score (nSPS) is 12.5. The Morgan fingerprint density at radius 2 is 1.68 bits per heavy atom. The molecule has 0 aliphatic carbocycles. The molecule has 0 saturated heterocycles. The van der Waals surface area contributed by atoms with Gasteiger partial charge in [-0.15, -0.1) is 0 Å². The van der Waals surface area contributed by atoms with Gasteiger partial charge in [-0.1, -0.05) is 41.9 Å². The Labute approximate surface area is 186 Å². The van der Waals surface area contributed by atoms with Gasteiger partial charge >= 0.3 is 5.97 Å². The first kappa shape index (κ1) is 23.0. The van der Waals surface area contributed by atoms with Crippen LogP contribution in [0, 0.1) is 0 Å². The van der Waals surface area contributed by atoms with E-state index in [1.165, 1.54) is 30.3 Å². The van der Waals surface area contributed by atoms with Crippen molar-refractivity contribution in [3.63, 3.8) is 0 Å². The first-order chi connectivity index (χ1) is 14.8. The Balaban J connectivity index is 1.57. The molecule has 0 bridgehead atoms. The smallest absolute Gasteiger partial charge is 0.335 e. The summed E-state index contributed by atoms with van der Waals surface area (Å²) >= 11 is 5.94. The Morgan fingerprint density at radius 3 is 2.35 bits per heavy atom. The minimum absolute atomic E-state index is 0.0585. The van der Waals surface area contributed by atoms with Crippen LogP contribution in [0.3, 0.4) is 0 Å². The summed E-state index contributed by atoms with van der Waals surface area (Å²) < 4.78 is 25.5. The Morgan fingerprint density at radius 1 is 0.968 bits per heavy atom. The number of hydrogen-bond acceptors (Lipinski definition) is 5. The van der Waals surface area contributed by atoms with Crippen LogP contribution in [0.5, 0.6) is 0 Å². The van der Waals surface area contributed by atoms with Crippen molar-refractivity contribution in [2.75, 3.05) is 13.1 Å². The lowest BCUT2D eigenvalue weighted by atomic mass is 10.1. The van der Waals surface area contributed by atoms with E-state index in [1.807, 2.05) is 6.07 Å². The van der Waals surface area contributed by atoms with Gasteiger partial charge in [-0.3, -0.25) is 0 Å². The molecule has 3 aromatic carbocycles. The number of carboxylic acids is 1. The van der Waals surface area contributed by atoms with Gasteiger partial charge in [0.25, 0.3) is 0 Å². The van der Waals surface area contributed by atoms with Gasteiger partial charge in [0.2, 0.25) is 9.84 Å². The molecule has 0 unspecified atom stereocenters. The van der Waals surface area contributed by atoms with Gasteiger partial charge < -0.3 is 15.5 Å². The number of rotatable bonds is 9. The van der Waals surface area contributed by atoms with E-state index in [0.29, 0.717) is 24.5 Å². The van der Waals surface area contributed by atoms with Crippen LogP contribution in [0.2, 0.25) is 5.02 Å². The summed E-state index contributed by atoms with van der Waals surface area (Å²) in [5.74, 6) is -1.18. The van der Waals surface area contributed by atoms with Crippen LogP contribution in [0.25, 0.3) is 0 Å². The molecule has 0 aromatic heterocycles.